The molecule has 0 fully saturated rings. The van der Waals surface area contributed by atoms with Crippen LogP contribution in [0.25, 0.3) is 0 Å². The summed E-state index contributed by atoms with van der Waals surface area (Å²) in [6.45, 7) is 2.40. The number of aromatic nitrogens is 4. The summed E-state index contributed by atoms with van der Waals surface area (Å²) in [5, 5.41) is 17.3. The van der Waals surface area contributed by atoms with Gasteiger partial charge in [-0.05, 0) is 40.9 Å². The summed E-state index contributed by atoms with van der Waals surface area (Å²) in [5.41, 5.74) is 0.592. The molecule has 2 aromatic heterocycles. The molecule has 0 radical (unpaired) electrons. The van der Waals surface area contributed by atoms with Crippen molar-refractivity contribution in [2.24, 2.45) is 0 Å². The molecule has 1 N–H and O–H groups in total. The summed E-state index contributed by atoms with van der Waals surface area (Å²) >= 11 is 9.01. The van der Waals surface area contributed by atoms with E-state index >= 15 is 0 Å². The van der Waals surface area contributed by atoms with Gasteiger partial charge in [0.2, 0.25) is 11.1 Å². The van der Waals surface area contributed by atoms with Crippen molar-refractivity contribution in [2.75, 3.05) is 5.32 Å². The molecule has 0 aliphatic carbocycles. The van der Waals surface area contributed by atoms with Gasteiger partial charge in [0.05, 0.1) is 22.5 Å². The van der Waals surface area contributed by atoms with Gasteiger partial charge in [-0.25, -0.2) is 4.68 Å². The maximum atomic E-state index is 12.4. The number of thiophene rings is 1. The molecule has 0 aliphatic rings. The number of tetrazole rings is 1. The van der Waals surface area contributed by atoms with E-state index in [9.17, 15) is 4.79 Å². The Morgan fingerprint density at radius 1 is 1.38 bits per heavy atom. The number of carbonyl (C=O) groups excluding carboxylic acids is 1. The third-order valence-corrected chi connectivity index (χ3v) is 5.43. The van der Waals surface area contributed by atoms with E-state index in [1.807, 2.05) is 29.6 Å². The lowest BCUT2D eigenvalue weighted by atomic mass is 10.3. The Hall–Kier alpha value is -1.90. The van der Waals surface area contributed by atoms with Crippen molar-refractivity contribution >= 4 is 46.3 Å². The highest BCUT2D eigenvalue weighted by Gasteiger charge is 2.19. The molecule has 9 heteroatoms. The number of nitrogens with one attached hydrogen (secondary N) is 1. The van der Waals surface area contributed by atoms with Gasteiger partial charge in [-0.15, -0.1) is 16.4 Å². The van der Waals surface area contributed by atoms with E-state index in [1.54, 1.807) is 35.1 Å². The Morgan fingerprint density at radius 3 is 2.96 bits per heavy atom. The number of hydrogen-bond acceptors (Lipinski definition) is 6. The van der Waals surface area contributed by atoms with E-state index in [2.05, 4.69) is 20.8 Å². The van der Waals surface area contributed by atoms with Gasteiger partial charge in [0.25, 0.3) is 0 Å². The van der Waals surface area contributed by atoms with Gasteiger partial charge in [0, 0.05) is 4.88 Å². The molecule has 1 atom stereocenters. The largest absolute Gasteiger partial charge is 0.324 e. The minimum atomic E-state index is -0.366. The molecule has 0 saturated carbocycles. The number of hydrogen-bond donors (Lipinski definition) is 1. The third-order valence-electron chi connectivity index (χ3n) is 3.17. The number of amides is 1. The summed E-state index contributed by atoms with van der Waals surface area (Å²) in [6, 6.07) is 11.1. The highest BCUT2D eigenvalue weighted by Crippen LogP contribution is 2.25. The number of thioether (sulfide) groups is 1. The quantitative estimate of drug-likeness (QED) is 0.663. The van der Waals surface area contributed by atoms with Crippen LogP contribution in [0.5, 0.6) is 0 Å². The van der Waals surface area contributed by atoms with Crippen molar-refractivity contribution in [1.82, 2.24) is 20.2 Å². The molecule has 0 saturated heterocycles. The molecule has 0 bridgehead atoms. The maximum absolute atomic E-state index is 12.4. The van der Waals surface area contributed by atoms with Crippen LogP contribution in [0.15, 0.2) is 46.9 Å². The fourth-order valence-electron chi connectivity index (χ4n) is 1.94. The molecule has 0 spiro atoms. The number of para-hydroxylation sites is 1. The smallest absolute Gasteiger partial charge is 0.237 e. The van der Waals surface area contributed by atoms with Crippen LogP contribution >= 0.6 is 34.7 Å². The predicted octanol–water partition coefficient (Wildman–Crippen LogP) is 3.56. The summed E-state index contributed by atoms with van der Waals surface area (Å²) in [4.78, 5) is 13.5. The zero-order valence-corrected chi connectivity index (χ0v) is 15.1. The predicted molar refractivity (Wildman–Crippen MR) is 96.6 cm³/mol. The first-order chi connectivity index (χ1) is 11.6. The average molecular weight is 380 g/mol. The summed E-state index contributed by atoms with van der Waals surface area (Å²) in [7, 11) is 0. The molecule has 3 rings (SSSR count). The first kappa shape index (κ1) is 16.9. The lowest BCUT2D eigenvalue weighted by Gasteiger charge is -2.12. The van der Waals surface area contributed by atoms with Crippen molar-refractivity contribution in [3.05, 3.63) is 51.7 Å². The molecule has 1 amide bonds. The zero-order valence-electron chi connectivity index (χ0n) is 12.7. The Kier molecular flexibility index (Phi) is 5.49. The standard InChI is InChI=1S/C15H14ClN5OS2/c1-10(14(22)17-13-7-3-2-6-12(13)16)24-15-18-19-20-21(15)9-11-5-4-8-23-11/h2-8,10H,9H2,1H3,(H,17,22). The van der Waals surface area contributed by atoms with Crippen LogP contribution in [0.4, 0.5) is 5.69 Å². The highest BCUT2D eigenvalue weighted by atomic mass is 35.5. The van der Waals surface area contributed by atoms with E-state index < -0.39 is 0 Å². The average Bonchev–Trinajstić information content (AvgIpc) is 3.22. The monoisotopic (exact) mass is 379 g/mol. The number of nitrogens with zero attached hydrogens (tertiary/aromatic N) is 4. The van der Waals surface area contributed by atoms with Gasteiger partial charge in [-0.3, -0.25) is 4.79 Å². The van der Waals surface area contributed by atoms with Crippen LogP contribution < -0.4 is 5.32 Å². The normalized spacial score (nSPS) is 12.1. The van der Waals surface area contributed by atoms with Crippen LogP contribution in [-0.4, -0.2) is 31.4 Å². The fourth-order valence-corrected chi connectivity index (χ4v) is 3.60. The molecule has 2 heterocycles. The lowest BCUT2D eigenvalue weighted by molar-refractivity contribution is -0.115. The first-order valence-electron chi connectivity index (χ1n) is 7.14. The summed E-state index contributed by atoms with van der Waals surface area (Å²) < 4.78 is 1.69. The minimum absolute atomic E-state index is 0.154. The van der Waals surface area contributed by atoms with Crippen molar-refractivity contribution in [2.45, 2.75) is 23.9 Å². The van der Waals surface area contributed by atoms with Gasteiger partial charge >= 0.3 is 0 Å². The second kappa shape index (κ2) is 7.78. The molecule has 1 aromatic carbocycles. The van der Waals surface area contributed by atoms with Crippen molar-refractivity contribution < 1.29 is 4.79 Å². The number of anilines is 1. The fraction of sp³-hybridized carbons (Fsp3) is 0.200. The topological polar surface area (TPSA) is 72.7 Å². The van der Waals surface area contributed by atoms with E-state index in [4.69, 9.17) is 11.6 Å². The Morgan fingerprint density at radius 2 is 2.21 bits per heavy atom. The molecule has 6 nitrogen and oxygen atoms in total. The van der Waals surface area contributed by atoms with Gasteiger partial charge in [-0.1, -0.05) is 41.6 Å². The summed E-state index contributed by atoms with van der Waals surface area (Å²) in [5.74, 6) is -0.154. The summed E-state index contributed by atoms with van der Waals surface area (Å²) in [6.07, 6.45) is 0. The van der Waals surface area contributed by atoms with Gasteiger partial charge in [0.15, 0.2) is 0 Å². The molecule has 3 aromatic rings. The van der Waals surface area contributed by atoms with E-state index in [0.717, 1.165) is 4.88 Å². The number of rotatable bonds is 6. The van der Waals surface area contributed by atoms with Crippen LogP contribution in [-0.2, 0) is 11.3 Å². The molecule has 0 aliphatic heterocycles. The van der Waals surface area contributed by atoms with Gasteiger partial charge in [0.1, 0.15) is 0 Å². The zero-order chi connectivity index (χ0) is 16.9. The number of halogens is 1. The Bertz CT molecular complexity index is 821. The van der Waals surface area contributed by atoms with Gasteiger partial charge < -0.3 is 5.32 Å². The van der Waals surface area contributed by atoms with Gasteiger partial charge in [-0.2, -0.15) is 0 Å². The second-order valence-corrected chi connectivity index (χ2v) is 7.68. The maximum Gasteiger partial charge on any atom is 0.237 e. The Labute approximate surface area is 152 Å². The third kappa shape index (κ3) is 4.14. The van der Waals surface area contributed by atoms with Crippen LogP contribution in [0.2, 0.25) is 5.02 Å². The second-order valence-electron chi connectivity index (χ2n) is 4.93. The Balaban J connectivity index is 1.64. The van der Waals surface area contributed by atoms with Crippen molar-refractivity contribution in [3.63, 3.8) is 0 Å². The first-order valence-corrected chi connectivity index (χ1v) is 9.28. The molecule has 124 valence electrons. The molecular weight excluding hydrogens is 366 g/mol. The van der Waals surface area contributed by atoms with Crippen LogP contribution in [0.3, 0.4) is 0 Å². The van der Waals surface area contributed by atoms with Crippen LogP contribution in [0.1, 0.15) is 11.8 Å². The minimum Gasteiger partial charge on any atom is -0.324 e. The lowest BCUT2D eigenvalue weighted by Crippen LogP contribution is -2.23. The van der Waals surface area contributed by atoms with E-state index in [0.29, 0.717) is 22.4 Å². The molecule has 1 unspecified atom stereocenters. The van der Waals surface area contributed by atoms with Crippen molar-refractivity contribution in [3.8, 4) is 0 Å². The van der Waals surface area contributed by atoms with Crippen LogP contribution in [0, 0.1) is 0 Å². The number of carbonyl (C=O) groups is 1. The van der Waals surface area contributed by atoms with Crippen molar-refractivity contribution in [1.29, 1.82) is 0 Å². The molecular formula is C15H14ClN5OS2. The SMILES string of the molecule is CC(Sc1nnnn1Cc1cccs1)C(=O)Nc1ccccc1Cl. The van der Waals surface area contributed by atoms with E-state index in [1.165, 1.54) is 11.8 Å². The highest BCUT2D eigenvalue weighted by molar-refractivity contribution is 8.00. The molecule has 24 heavy (non-hydrogen) atoms. The number of benzene rings is 1. The van der Waals surface area contributed by atoms with E-state index in [-0.39, 0.29) is 11.2 Å².